The summed E-state index contributed by atoms with van der Waals surface area (Å²) in [5.74, 6) is 1.05. The fourth-order valence-electron chi connectivity index (χ4n) is 2.69. The Morgan fingerprint density at radius 2 is 1.69 bits per heavy atom. The van der Waals surface area contributed by atoms with Crippen LogP contribution in [0.15, 0.2) is 42.5 Å². The van der Waals surface area contributed by atoms with Gasteiger partial charge in [0.15, 0.2) is 5.78 Å². The fraction of sp³-hybridized carbons (Fsp3) is 0.333. The van der Waals surface area contributed by atoms with Crippen LogP contribution < -0.4 is 14.8 Å². The van der Waals surface area contributed by atoms with Crippen molar-refractivity contribution in [3.63, 3.8) is 0 Å². The molecule has 0 fully saturated rings. The smallest absolute Gasteiger partial charge is 0.220 e. The molecule has 5 nitrogen and oxygen atoms in total. The molecule has 26 heavy (non-hydrogen) atoms. The number of Topliss-reactive ketones (excluding diaryl/α,β-unsaturated/α-hetero) is 1. The number of hydrogen-bond acceptors (Lipinski definition) is 4. The van der Waals surface area contributed by atoms with Crippen LogP contribution in [0.25, 0.3) is 0 Å². The molecule has 0 saturated heterocycles. The van der Waals surface area contributed by atoms with Crippen molar-refractivity contribution in [3.8, 4) is 11.5 Å². The Labute approximate surface area is 154 Å². The lowest BCUT2D eigenvalue weighted by atomic mass is 10.0. The van der Waals surface area contributed by atoms with Crippen molar-refractivity contribution in [2.24, 2.45) is 0 Å². The number of nitrogens with one attached hydrogen (secondary N) is 1. The van der Waals surface area contributed by atoms with E-state index in [1.165, 1.54) is 7.11 Å². The Bertz CT molecular complexity index is 768. The Kier molecular flexibility index (Phi) is 6.78. The summed E-state index contributed by atoms with van der Waals surface area (Å²) in [7, 11) is 3.14. The Morgan fingerprint density at radius 1 is 1.00 bits per heavy atom. The Hall–Kier alpha value is -2.82. The number of hydrogen-bond donors (Lipinski definition) is 1. The average Bonchev–Trinajstić information content (AvgIpc) is 2.66. The Morgan fingerprint density at radius 3 is 2.31 bits per heavy atom. The van der Waals surface area contributed by atoms with Gasteiger partial charge in [0, 0.05) is 12.8 Å². The van der Waals surface area contributed by atoms with Crippen LogP contribution in [-0.4, -0.2) is 25.9 Å². The number of methoxy groups -OCH3 is 2. The van der Waals surface area contributed by atoms with Crippen molar-refractivity contribution < 1.29 is 19.1 Å². The third-order valence-electron chi connectivity index (χ3n) is 4.23. The number of aryl methyl sites for hydroxylation is 1. The highest BCUT2D eigenvalue weighted by Crippen LogP contribution is 2.22. The van der Waals surface area contributed by atoms with Gasteiger partial charge < -0.3 is 14.8 Å². The number of carbonyl (C=O) groups is 2. The van der Waals surface area contributed by atoms with Gasteiger partial charge in [-0.05, 0) is 43.7 Å². The standard InChI is InChI=1S/C21H25NO4/c1-14-5-11-20(26-4)18(13-14)19(23)10-12-21(24)22-15(2)16-6-8-17(25-3)9-7-16/h5-9,11,13,15H,10,12H2,1-4H3,(H,22,24). The third-order valence-corrected chi connectivity index (χ3v) is 4.23. The summed E-state index contributed by atoms with van der Waals surface area (Å²) in [4.78, 5) is 24.6. The maximum absolute atomic E-state index is 12.4. The molecule has 2 rings (SSSR count). The molecule has 0 bridgehead atoms. The summed E-state index contributed by atoms with van der Waals surface area (Å²) in [6.07, 6.45) is 0.275. The average molecular weight is 355 g/mol. The van der Waals surface area contributed by atoms with Crippen molar-refractivity contribution in [2.75, 3.05) is 14.2 Å². The van der Waals surface area contributed by atoms with E-state index in [9.17, 15) is 9.59 Å². The van der Waals surface area contributed by atoms with E-state index < -0.39 is 0 Å². The minimum Gasteiger partial charge on any atom is -0.497 e. The number of benzene rings is 2. The minimum absolute atomic E-state index is 0.0993. The van der Waals surface area contributed by atoms with Crippen LogP contribution in [0.3, 0.4) is 0 Å². The molecule has 0 aromatic heterocycles. The summed E-state index contributed by atoms with van der Waals surface area (Å²) in [5.41, 5.74) is 2.47. The summed E-state index contributed by atoms with van der Waals surface area (Å²) in [5, 5.41) is 2.92. The van der Waals surface area contributed by atoms with Crippen LogP contribution in [0.5, 0.6) is 11.5 Å². The van der Waals surface area contributed by atoms with Crippen molar-refractivity contribution in [1.82, 2.24) is 5.32 Å². The first-order chi connectivity index (χ1) is 12.4. The molecule has 0 aliphatic heterocycles. The highest BCUT2D eigenvalue weighted by atomic mass is 16.5. The molecule has 1 atom stereocenters. The first-order valence-electron chi connectivity index (χ1n) is 8.55. The zero-order chi connectivity index (χ0) is 19.1. The van der Waals surface area contributed by atoms with E-state index in [0.717, 1.165) is 16.9 Å². The molecule has 5 heteroatoms. The van der Waals surface area contributed by atoms with Crippen LogP contribution in [0.2, 0.25) is 0 Å². The molecule has 0 saturated carbocycles. The topological polar surface area (TPSA) is 64.6 Å². The zero-order valence-electron chi connectivity index (χ0n) is 15.7. The van der Waals surface area contributed by atoms with Gasteiger partial charge in [-0.15, -0.1) is 0 Å². The molecular weight excluding hydrogens is 330 g/mol. The van der Waals surface area contributed by atoms with Gasteiger partial charge in [-0.25, -0.2) is 0 Å². The van der Waals surface area contributed by atoms with Gasteiger partial charge in [0.25, 0.3) is 0 Å². The molecule has 0 radical (unpaired) electrons. The van der Waals surface area contributed by atoms with Gasteiger partial charge in [-0.2, -0.15) is 0 Å². The van der Waals surface area contributed by atoms with Crippen LogP contribution in [0, 0.1) is 6.92 Å². The van der Waals surface area contributed by atoms with Crippen LogP contribution in [0.1, 0.15) is 47.3 Å². The molecule has 138 valence electrons. The number of carbonyl (C=O) groups excluding carboxylic acids is 2. The molecule has 1 N–H and O–H groups in total. The summed E-state index contributed by atoms with van der Waals surface area (Å²) in [6, 6.07) is 12.8. The highest BCUT2D eigenvalue weighted by molar-refractivity contribution is 6.00. The second-order valence-electron chi connectivity index (χ2n) is 6.19. The first kappa shape index (κ1) is 19.5. The van der Waals surface area contributed by atoms with Crippen molar-refractivity contribution in [2.45, 2.75) is 32.7 Å². The van der Waals surface area contributed by atoms with Crippen molar-refractivity contribution >= 4 is 11.7 Å². The second-order valence-corrected chi connectivity index (χ2v) is 6.19. The maximum Gasteiger partial charge on any atom is 0.220 e. The minimum atomic E-state index is -0.159. The van der Waals surface area contributed by atoms with Crippen LogP contribution in [0.4, 0.5) is 0 Å². The van der Waals surface area contributed by atoms with E-state index in [4.69, 9.17) is 9.47 Å². The quantitative estimate of drug-likeness (QED) is 0.731. The third kappa shape index (κ3) is 5.09. The first-order valence-corrected chi connectivity index (χ1v) is 8.55. The summed E-state index contributed by atoms with van der Waals surface area (Å²) >= 11 is 0. The lowest BCUT2D eigenvalue weighted by Gasteiger charge is -2.15. The predicted molar refractivity (Wildman–Crippen MR) is 101 cm³/mol. The fourth-order valence-corrected chi connectivity index (χ4v) is 2.69. The van der Waals surface area contributed by atoms with Gasteiger partial charge >= 0.3 is 0 Å². The lowest BCUT2D eigenvalue weighted by Crippen LogP contribution is -2.27. The van der Waals surface area contributed by atoms with Gasteiger partial charge in [0.1, 0.15) is 11.5 Å². The molecule has 0 heterocycles. The van der Waals surface area contributed by atoms with E-state index in [0.29, 0.717) is 11.3 Å². The van der Waals surface area contributed by atoms with Gasteiger partial charge in [0.2, 0.25) is 5.91 Å². The monoisotopic (exact) mass is 355 g/mol. The van der Waals surface area contributed by atoms with Crippen LogP contribution >= 0.6 is 0 Å². The largest absolute Gasteiger partial charge is 0.497 e. The molecule has 2 aromatic carbocycles. The molecule has 1 unspecified atom stereocenters. The van der Waals surface area contributed by atoms with Crippen molar-refractivity contribution in [1.29, 1.82) is 0 Å². The van der Waals surface area contributed by atoms with Gasteiger partial charge in [-0.1, -0.05) is 23.8 Å². The highest BCUT2D eigenvalue weighted by Gasteiger charge is 2.15. The van der Waals surface area contributed by atoms with E-state index in [1.807, 2.05) is 44.2 Å². The van der Waals surface area contributed by atoms with E-state index in [2.05, 4.69) is 5.32 Å². The second kappa shape index (κ2) is 9.04. The zero-order valence-corrected chi connectivity index (χ0v) is 15.7. The van der Waals surface area contributed by atoms with E-state index >= 15 is 0 Å². The number of amides is 1. The van der Waals surface area contributed by atoms with Crippen LogP contribution in [-0.2, 0) is 4.79 Å². The summed E-state index contributed by atoms with van der Waals surface area (Å²) in [6.45, 7) is 3.82. The van der Waals surface area contributed by atoms with E-state index in [-0.39, 0.29) is 30.6 Å². The molecule has 2 aromatic rings. The Balaban J connectivity index is 1.91. The van der Waals surface area contributed by atoms with Gasteiger partial charge in [0.05, 0.1) is 25.8 Å². The maximum atomic E-state index is 12.4. The van der Waals surface area contributed by atoms with Crippen molar-refractivity contribution in [3.05, 3.63) is 59.2 Å². The number of rotatable bonds is 8. The molecule has 0 aliphatic carbocycles. The summed E-state index contributed by atoms with van der Waals surface area (Å²) < 4.78 is 10.4. The molecule has 0 spiro atoms. The van der Waals surface area contributed by atoms with E-state index in [1.54, 1.807) is 19.2 Å². The normalized spacial score (nSPS) is 11.5. The SMILES string of the molecule is COc1ccc(C(C)NC(=O)CCC(=O)c2cc(C)ccc2OC)cc1. The molecule has 1 amide bonds. The van der Waals surface area contributed by atoms with Gasteiger partial charge in [-0.3, -0.25) is 9.59 Å². The predicted octanol–water partition coefficient (Wildman–Crippen LogP) is 3.85. The molecule has 0 aliphatic rings. The lowest BCUT2D eigenvalue weighted by molar-refractivity contribution is -0.121. The molecular formula is C21H25NO4. The number of ether oxygens (including phenoxy) is 2. The number of ketones is 1.